The predicted octanol–water partition coefficient (Wildman–Crippen LogP) is 9.80. The maximum Gasteiger partial charge on any atom is 0.424 e. The second-order valence-corrected chi connectivity index (χ2v) is 23.6. The zero-order valence-electron chi connectivity index (χ0n) is 15.0. The van der Waals surface area contributed by atoms with Crippen LogP contribution in [0.4, 0.5) is 44.2 Å². The third-order valence-corrected chi connectivity index (χ3v) is 9.03. The van der Waals surface area contributed by atoms with Gasteiger partial charge in [-0.05, 0) is 6.04 Å². The topological polar surface area (TPSA) is 0 Å². The van der Waals surface area contributed by atoms with Crippen molar-refractivity contribution in [3.8, 4) is 0 Å². The molecule has 0 fully saturated rings. The number of halogens is 16. The zero-order chi connectivity index (χ0) is 23.9. The van der Waals surface area contributed by atoms with E-state index in [-0.39, 0.29) is 4.70 Å². The van der Waals surface area contributed by atoms with Crippen LogP contribution >= 0.6 is 66.5 Å². The van der Waals surface area contributed by atoms with Gasteiger partial charge in [-0.15, -0.1) is 66.5 Å². The van der Waals surface area contributed by atoms with Crippen LogP contribution in [0.15, 0.2) is 0 Å². The van der Waals surface area contributed by atoms with Gasteiger partial charge in [0, 0.05) is 12.8 Å². The van der Waals surface area contributed by atoms with E-state index in [1.54, 1.807) is 0 Å². The number of rotatable bonds is 10. The Morgan fingerprint density at radius 1 is 0.667 bits per heavy atom. The first-order valence-corrected chi connectivity index (χ1v) is 18.1. The van der Waals surface area contributed by atoms with E-state index < -0.39 is 48.4 Å². The van der Waals surface area contributed by atoms with Gasteiger partial charge in [-0.3, -0.25) is 4.70 Å². The Labute approximate surface area is 197 Å². The van der Waals surface area contributed by atoms with Gasteiger partial charge in [-0.1, -0.05) is 32.6 Å². The summed E-state index contributed by atoms with van der Waals surface area (Å²) in [5.41, 5.74) is -5.72. The van der Waals surface area contributed by atoms with Crippen molar-refractivity contribution in [2.24, 2.45) is 0 Å². The highest BCUT2D eigenvalue weighted by molar-refractivity contribution is 7.65. The molecule has 0 aromatic heterocycles. The van der Waals surface area contributed by atoms with Crippen molar-refractivity contribution in [2.75, 3.05) is 0 Å². The van der Waals surface area contributed by atoms with Crippen molar-refractivity contribution >= 4 is 78.5 Å². The molecule has 0 amide bonds. The SMILES string of the molecule is CCCCCC[Si](Cl)(Cl)Cl.F.FC(F)(F)CCC(F)(F)C(F)(F)C(F)(F)[Si](Cl)(Cl)Cl. The second-order valence-electron chi connectivity index (χ2n) is 5.89. The van der Waals surface area contributed by atoms with E-state index in [0.29, 0.717) is 0 Å². The molecule has 0 aliphatic rings. The number of alkyl halides is 9. The smallest absolute Gasteiger partial charge is 0.269 e. The summed E-state index contributed by atoms with van der Waals surface area (Å²) in [6, 6.07) is -7.11. The van der Waals surface area contributed by atoms with Gasteiger partial charge in [-0.2, -0.15) is 39.5 Å². The van der Waals surface area contributed by atoms with E-state index in [9.17, 15) is 39.5 Å². The lowest BCUT2D eigenvalue weighted by Crippen LogP contribution is -2.62. The average molecular weight is 621 g/mol. The summed E-state index contributed by atoms with van der Waals surface area (Å²) in [5, 5.41) is 0. The second kappa shape index (κ2) is 13.4. The van der Waals surface area contributed by atoms with Crippen LogP contribution in [-0.2, 0) is 0 Å². The lowest BCUT2D eigenvalue weighted by atomic mass is 10.1. The Kier molecular flexibility index (Phi) is 16.1. The van der Waals surface area contributed by atoms with E-state index in [1.165, 1.54) is 19.3 Å². The quantitative estimate of drug-likeness (QED) is 0.0987. The molecule has 0 aromatic rings. The number of hydrogen-bond acceptors (Lipinski definition) is 0. The molecule has 186 valence electrons. The van der Waals surface area contributed by atoms with E-state index in [0.717, 1.165) is 12.5 Å². The summed E-state index contributed by atoms with van der Waals surface area (Å²) in [7, 11) is 0. The van der Waals surface area contributed by atoms with Crippen LogP contribution in [0.3, 0.4) is 0 Å². The first-order chi connectivity index (χ1) is 12.5. The Hall–Kier alpha value is 1.47. The molecule has 0 spiro atoms. The molecule has 0 saturated heterocycles. The van der Waals surface area contributed by atoms with Gasteiger partial charge in [0.05, 0.1) is 0 Å². The summed E-state index contributed by atoms with van der Waals surface area (Å²) < 4.78 is 113. The predicted molar refractivity (Wildman–Crippen MR) is 108 cm³/mol. The Bertz CT molecular complexity index is 480. The van der Waals surface area contributed by atoms with Crippen LogP contribution < -0.4 is 0 Å². The summed E-state index contributed by atoms with van der Waals surface area (Å²) >= 11 is 30.8. The maximum atomic E-state index is 13.0. The van der Waals surface area contributed by atoms with Gasteiger partial charge in [0.2, 0.25) is 0 Å². The van der Waals surface area contributed by atoms with Crippen molar-refractivity contribution in [3.05, 3.63) is 0 Å². The Morgan fingerprint density at radius 2 is 1.10 bits per heavy atom. The van der Waals surface area contributed by atoms with Gasteiger partial charge in [0.1, 0.15) is 0 Å². The third-order valence-electron chi connectivity index (χ3n) is 3.25. The average Bonchev–Trinajstić information content (AvgIpc) is 2.47. The molecule has 0 heterocycles. The van der Waals surface area contributed by atoms with Gasteiger partial charge in [0.25, 0.3) is 0 Å². The van der Waals surface area contributed by atoms with Crippen molar-refractivity contribution in [2.45, 2.75) is 75.1 Å². The summed E-state index contributed by atoms with van der Waals surface area (Å²) in [4.78, 5) is 0. The largest absolute Gasteiger partial charge is 0.424 e. The highest BCUT2D eigenvalue weighted by Crippen LogP contribution is 2.55. The molecule has 0 radical (unpaired) electrons. The molecule has 0 atom stereocenters. The van der Waals surface area contributed by atoms with E-state index in [2.05, 4.69) is 40.2 Å². The minimum atomic E-state index is -6.21. The van der Waals surface area contributed by atoms with Gasteiger partial charge >= 0.3 is 35.6 Å². The van der Waals surface area contributed by atoms with Crippen LogP contribution in [0.2, 0.25) is 6.04 Å². The van der Waals surface area contributed by atoms with Crippen LogP contribution in [-0.4, -0.2) is 35.6 Å². The molecule has 0 aliphatic carbocycles. The van der Waals surface area contributed by atoms with Crippen LogP contribution in [0.5, 0.6) is 0 Å². The van der Waals surface area contributed by atoms with E-state index >= 15 is 0 Å². The molecule has 0 nitrogen and oxygen atoms in total. The molecule has 0 unspecified atom stereocenters. The molecular weight excluding hydrogens is 603 g/mol. The van der Waals surface area contributed by atoms with E-state index in [4.69, 9.17) is 33.2 Å². The lowest BCUT2D eigenvalue weighted by Gasteiger charge is -2.35. The standard InChI is InChI=1S/C6H4Cl3F9Si.C6H13Cl3Si.FH/c7-19(8,9)6(17,18)5(15,16)3(10,11)1-2-4(12,13)14;1-2-3-4-5-6-10(7,8)9;/h1-2H2;2-6H2,1H3;1H. The molecule has 0 rings (SSSR count). The zero-order valence-corrected chi connectivity index (χ0v) is 21.6. The normalized spacial score (nSPS) is 14.0. The fourth-order valence-electron chi connectivity index (χ4n) is 1.62. The number of hydrogen-bond donors (Lipinski definition) is 0. The molecule has 30 heavy (non-hydrogen) atoms. The molecule has 0 saturated carbocycles. The first-order valence-electron chi connectivity index (χ1n) is 7.85. The highest BCUT2D eigenvalue weighted by atomic mass is 35.8. The summed E-state index contributed by atoms with van der Waals surface area (Å²) in [6.45, 7) is 2.17. The molecule has 0 bridgehead atoms. The lowest BCUT2D eigenvalue weighted by molar-refractivity contribution is -0.289. The van der Waals surface area contributed by atoms with Crippen LogP contribution in [0, 0.1) is 0 Å². The van der Waals surface area contributed by atoms with Gasteiger partial charge in [-0.25, -0.2) is 0 Å². The fourth-order valence-corrected chi connectivity index (χ4v) is 5.08. The molecule has 18 heteroatoms. The monoisotopic (exact) mass is 618 g/mol. The summed E-state index contributed by atoms with van der Waals surface area (Å²) in [5.74, 6) is -11.9. The fraction of sp³-hybridized carbons (Fsp3) is 1.00. The molecule has 0 aliphatic heterocycles. The molecule has 0 N–H and O–H groups in total. The van der Waals surface area contributed by atoms with Gasteiger partial charge < -0.3 is 0 Å². The number of unbranched alkanes of at least 4 members (excludes halogenated alkanes) is 3. The van der Waals surface area contributed by atoms with Crippen molar-refractivity contribution in [1.29, 1.82) is 0 Å². The minimum absolute atomic E-state index is 0. The van der Waals surface area contributed by atoms with Crippen molar-refractivity contribution in [1.82, 2.24) is 0 Å². The van der Waals surface area contributed by atoms with Crippen LogP contribution in [0.1, 0.15) is 45.4 Å². The molecular formula is C12H18Cl6F10Si2. The van der Waals surface area contributed by atoms with Crippen molar-refractivity contribution < 1.29 is 44.2 Å². The Balaban J connectivity index is -0.000000563. The highest BCUT2D eigenvalue weighted by Gasteiger charge is 2.79. The van der Waals surface area contributed by atoms with E-state index in [1.807, 2.05) is 0 Å². The van der Waals surface area contributed by atoms with Crippen LogP contribution in [0.25, 0.3) is 0 Å². The first kappa shape index (κ1) is 36.1. The third kappa shape index (κ3) is 13.2. The minimum Gasteiger partial charge on any atom is -0.269 e. The van der Waals surface area contributed by atoms with Gasteiger partial charge in [0.15, 0.2) is 0 Å². The molecule has 0 aromatic carbocycles. The Morgan fingerprint density at radius 3 is 1.40 bits per heavy atom. The summed E-state index contributed by atoms with van der Waals surface area (Å²) in [6.07, 6.45) is -5.36. The maximum absolute atomic E-state index is 13.0. The van der Waals surface area contributed by atoms with Crippen molar-refractivity contribution in [3.63, 3.8) is 0 Å².